The summed E-state index contributed by atoms with van der Waals surface area (Å²) < 4.78 is 32.5. The lowest BCUT2D eigenvalue weighted by atomic mass is 9.85. The molecule has 1 rings (SSSR count). The molecular formula is C14H20F2O2. The molecule has 102 valence electrons. The van der Waals surface area contributed by atoms with Gasteiger partial charge in [-0.1, -0.05) is 26.0 Å². The van der Waals surface area contributed by atoms with E-state index >= 15 is 0 Å². The molecule has 1 atom stereocenters. The Labute approximate surface area is 107 Å². The smallest absolute Gasteiger partial charge is 0.164 e. The van der Waals surface area contributed by atoms with Gasteiger partial charge in [0.1, 0.15) is 6.10 Å². The lowest BCUT2D eigenvalue weighted by Gasteiger charge is -2.36. The number of aliphatic hydroxyl groups excluding tert-OH is 1. The Kier molecular flexibility index (Phi) is 5.23. The van der Waals surface area contributed by atoms with Gasteiger partial charge >= 0.3 is 0 Å². The standard InChI is InChI=1S/C14H20F2O2/c1-4-14(5-2,18-6-3)13(17)10-8-7-9-11(15)12(10)16/h7-9,13,17H,4-6H2,1-3H3. The SMILES string of the molecule is CCOC(CC)(CC)C(O)c1cccc(F)c1F. The fraction of sp³-hybridized carbons (Fsp3) is 0.571. The van der Waals surface area contributed by atoms with Crippen LogP contribution in [0.5, 0.6) is 0 Å². The Morgan fingerprint density at radius 1 is 1.22 bits per heavy atom. The third kappa shape index (κ3) is 2.70. The summed E-state index contributed by atoms with van der Waals surface area (Å²) in [6, 6.07) is 3.81. The van der Waals surface area contributed by atoms with E-state index in [9.17, 15) is 13.9 Å². The van der Waals surface area contributed by atoms with Gasteiger partial charge in [0, 0.05) is 12.2 Å². The van der Waals surface area contributed by atoms with Gasteiger partial charge in [-0.2, -0.15) is 0 Å². The summed E-state index contributed by atoms with van der Waals surface area (Å²) in [7, 11) is 0. The predicted molar refractivity (Wildman–Crippen MR) is 66.3 cm³/mol. The second-order valence-electron chi connectivity index (χ2n) is 4.25. The van der Waals surface area contributed by atoms with Crippen LogP contribution < -0.4 is 0 Å². The Bertz CT molecular complexity index is 389. The molecule has 0 radical (unpaired) electrons. The van der Waals surface area contributed by atoms with Crippen molar-refractivity contribution in [2.75, 3.05) is 6.61 Å². The maximum atomic E-state index is 13.7. The topological polar surface area (TPSA) is 29.5 Å². The van der Waals surface area contributed by atoms with E-state index in [2.05, 4.69) is 0 Å². The average molecular weight is 258 g/mol. The van der Waals surface area contributed by atoms with Crippen LogP contribution in [0.25, 0.3) is 0 Å². The minimum atomic E-state index is -1.18. The van der Waals surface area contributed by atoms with Crippen molar-refractivity contribution >= 4 is 0 Å². The van der Waals surface area contributed by atoms with E-state index in [-0.39, 0.29) is 5.56 Å². The summed E-state index contributed by atoms with van der Waals surface area (Å²) in [5.74, 6) is -1.96. The monoisotopic (exact) mass is 258 g/mol. The number of ether oxygens (including phenoxy) is 1. The number of hydrogen-bond acceptors (Lipinski definition) is 2. The zero-order chi connectivity index (χ0) is 13.8. The van der Waals surface area contributed by atoms with Gasteiger partial charge < -0.3 is 9.84 Å². The fourth-order valence-corrected chi connectivity index (χ4v) is 2.22. The van der Waals surface area contributed by atoms with E-state index in [0.29, 0.717) is 19.4 Å². The normalized spacial score (nSPS) is 13.7. The molecule has 4 heteroatoms. The molecule has 2 nitrogen and oxygen atoms in total. The molecule has 0 bridgehead atoms. The van der Waals surface area contributed by atoms with Gasteiger partial charge in [0.25, 0.3) is 0 Å². The van der Waals surface area contributed by atoms with Gasteiger partial charge in [-0.3, -0.25) is 0 Å². The van der Waals surface area contributed by atoms with Crippen LogP contribution in [0.1, 0.15) is 45.3 Å². The van der Waals surface area contributed by atoms with Crippen LogP contribution in [0, 0.1) is 11.6 Å². The quantitative estimate of drug-likeness (QED) is 0.845. The van der Waals surface area contributed by atoms with E-state index in [0.717, 1.165) is 6.07 Å². The maximum absolute atomic E-state index is 13.7. The molecule has 18 heavy (non-hydrogen) atoms. The van der Waals surface area contributed by atoms with Crippen LogP contribution in [0.15, 0.2) is 18.2 Å². The molecule has 0 heterocycles. The van der Waals surface area contributed by atoms with Crippen LogP contribution >= 0.6 is 0 Å². The minimum Gasteiger partial charge on any atom is -0.385 e. The zero-order valence-electron chi connectivity index (χ0n) is 11.0. The van der Waals surface area contributed by atoms with Crippen molar-refractivity contribution in [1.82, 2.24) is 0 Å². The van der Waals surface area contributed by atoms with E-state index in [4.69, 9.17) is 4.74 Å². The van der Waals surface area contributed by atoms with E-state index in [1.165, 1.54) is 12.1 Å². The molecular weight excluding hydrogens is 238 g/mol. The van der Waals surface area contributed by atoms with Crippen molar-refractivity contribution in [2.45, 2.75) is 45.3 Å². The highest BCUT2D eigenvalue weighted by atomic mass is 19.2. The lowest BCUT2D eigenvalue weighted by molar-refractivity contribution is -0.128. The van der Waals surface area contributed by atoms with Gasteiger partial charge in [-0.25, -0.2) is 8.78 Å². The first-order chi connectivity index (χ1) is 8.52. The molecule has 1 aromatic carbocycles. The number of halogens is 2. The summed E-state index contributed by atoms with van der Waals surface area (Å²) in [6.45, 7) is 5.95. The predicted octanol–water partition coefficient (Wildman–Crippen LogP) is 3.59. The zero-order valence-corrected chi connectivity index (χ0v) is 11.0. The highest BCUT2D eigenvalue weighted by Gasteiger charge is 2.38. The van der Waals surface area contributed by atoms with Gasteiger partial charge in [0.2, 0.25) is 0 Å². The Hall–Kier alpha value is -1.00. The Morgan fingerprint density at radius 3 is 2.33 bits per heavy atom. The van der Waals surface area contributed by atoms with Crippen molar-refractivity contribution in [1.29, 1.82) is 0 Å². The molecule has 0 saturated heterocycles. The van der Waals surface area contributed by atoms with Crippen LogP contribution in [-0.4, -0.2) is 17.3 Å². The van der Waals surface area contributed by atoms with Crippen LogP contribution in [0.3, 0.4) is 0 Å². The molecule has 1 unspecified atom stereocenters. The highest BCUT2D eigenvalue weighted by molar-refractivity contribution is 5.23. The van der Waals surface area contributed by atoms with Gasteiger partial charge in [-0.05, 0) is 25.8 Å². The summed E-state index contributed by atoms with van der Waals surface area (Å²) in [5, 5.41) is 10.3. The molecule has 1 aromatic rings. The number of hydrogen-bond donors (Lipinski definition) is 1. The molecule has 0 fully saturated rings. The lowest BCUT2D eigenvalue weighted by Crippen LogP contribution is -2.39. The maximum Gasteiger partial charge on any atom is 0.164 e. The van der Waals surface area contributed by atoms with E-state index < -0.39 is 23.3 Å². The summed E-state index contributed by atoms with van der Waals surface area (Å²) >= 11 is 0. The molecule has 0 aliphatic heterocycles. The molecule has 0 saturated carbocycles. The second-order valence-corrected chi connectivity index (χ2v) is 4.25. The highest BCUT2D eigenvalue weighted by Crippen LogP contribution is 2.36. The van der Waals surface area contributed by atoms with E-state index in [1.807, 2.05) is 20.8 Å². The first-order valence-electron chi connectivity index (χ1n) is 6.28. The first-order valence-corrected chi connectivity index (χ1v) is 6.28. The van der Waals surface area contributed by atoms with Crippen molar-refractivity contribution in [3.05, 3.63) is 35.4 Å². The second kappa shape index (κ2) is 6.25. The fourth-order valence-electron chi connectivity index (χ4n) is 2.22. The molecule has 0 aliphatic rings. The van der Waals surface area contributed by atoms with Gasteiger partial charge in [0.05, 0.1) is 5.60 Å². The van der Waals surface area contributed by atoms with Crippen molar-refractivity contribution in [3.8, 4) is 0 Å². The van der Waals surface area contributed by atoms with E-state index in [1.54, 1.807) is 0 Å². The minimum absolute atomic E-state index is 0.0489. The molecule has 0 amide bonds. The first kappa shape index (κ1) is 15.1. The Balaban J connectivity index is 3.17. The third-order valence-electron chi connectivity index (χ3n) is 3.40. The van der Waals surface area contributed by atoms with Crippen LogP contribution in [-0.2, 0) is 4.74 Å². The van der Waals surface area contributed by atoms with Crippen LogP contribution in [0.4, 0.5) is 8.78 Å². The summed E-state index contributed by atoms with van der Waals surface area (Å²) in [4.78, 5) is 0. The molecule has 1 N–H and O–H groups in total. The van der Waals surface area contributed by atoms with Crippen molar-refractivity contribution in [3.63, 3.8) is 0 Å². The summed E-state index contributed by atoms with van der Waals surface area (Å²) in [5.41, 5.74) is -0.921. The molecule has 0 aromatic heterocycles. The van der Waals surface area contributed by atoms with Crippen molar-refractivity contribution in [2.24, 2.45) is 0 Å². The van der Waals surface area contributed by atoms with Gasteiger partial charge in [-0.15, -0.1) is 0 Å². The average Bonchev–Trinajstić information content (AvgIpc) is 2.38. The number of rotatable bonds is 6. The third-order valence-corrected chi connectivity index (χ3v) is 3.40. The van der Waals surface area contributed by atoms with Crippen LogP contribution in [0.2, 0.25) is 0 Å². The molecule has 0 aliphatic carbocycles. The Morgan fingerprint density at radius 2 is 1.83 bits per heavy atom. The largest absolute Gasteiger partial charge is 0.385 e. The van der Waals surface area contributed by atoms with Gasteiger partial charge in [0.15, 0.2) is 11.6 Å². The summed E-state index contributed by atoms with van der Waals surface area (Å²) in [6.07, 6.45) is -0.133. The number of benzene rings is 1. The molecule has 0 spiro atoms. The number of aliphatic hydroxyl groups is 1. The van der Waals surface area contributed by atoms with Crippen molar-refractivity contribution < 1.29 is 18.6 Å².